The van der Waals surface area contributed by atoms with Crippen molar-refractivity contribution in [3.05, 3.63) is 47.7 Å². The zero-order chi connectivity index (χ0) is 10.6. The van der Waals surface area contributed by atoms with Crippen LogP contribution in [0.15, 0.2) is 36.5 Å². The molecule has 0 spiro atoms. The third kappa shape index (κ3) is 3.25. The Bertz CT molecular complexity index is 296. The summed E-state index contributed by atoms with van der Waals surface area (Å²) in [6, 6.07) is 8.73. The number of benzene rings is 1. The molecule has 76 valence electrons. The molecule has 0 heterocycles. The molecule has 0 unspecified atom stereocenters. The van der Waals surface area contributed by atoms with Crippen LogP contribution in [0, 0.1) is 0 Å². The van der Waals surface area contributed by atoms with E-state index < -0.39 is 0 Å². The van der Waals surface area contributed by atoms with Gasteiger partial charge in [-0.1, -0.05) is 44.7 Å². The van der Waals surface area contributed by atoms with Gasteiger partial charge in [-0.25, -0.2) is 0 Å². The number of allylic oxidation sites excluding steroid dienone is 1. The molecule has 0 amide bonds. The van der Waals surface area contributed by atoms with Crippen LogP contribution in [0.1, 0.15) is 37.8 Å². The van der Waals surface area contributed by atoms with Crippen molar-refractivity contribution in [1.29, 1.82) is 0 Å². The summed E-state index contributed by atoms with van der Waals surface area (Å²) in [4.78, 5) is 0. The molecule has 1 rings (SSSR count). The fourth-order valence-electron chi connectivity index (χ4n) is 1.27. The normalized spacial score (nSPS) is 10.3. The van der Waals surface area contributed by atoms with E-state index in [9.17, 15) is 0 Å². The van der Waals surface area contributed by atoms with Crippen molar-refractivity contribution in [2.45, 2.75) is 33.2 Å². The second-order valence-corrected chi connectivity index (χ2v) is 4.03. The molecule has 0 atom stereocenters. The molecule has 1 N–H and O–H groups in total. The quantitative estimate of drug-likeness (QED) is 0.765. The minimum absolute atomic E-state index is 0.609. The first-order valence-electron chi connectivity index (χ1n) is 5.08. The molecule has 1 nitrogen and oxygen atoms in total. The highest BCUT2D eigenvalue weighted by molar-refractivity contribution is 5.24. The van der Waals surface area contributed by atoms with E-state index in [1.165, 1.54) is 11.1 Å². The van der Waals surface area contributed by atoms with Gasteiger partial charge in [0.1, 0.15) is 0 Å². The first-order valence-corrected chi connectivity index (χ1v) is 5.08. The lowest BCUT2D eigenvalue weighted by Crippen LogP contribution is -2.09. The highest BCUT2D eigenvalue weighted by Gasteiger charge is 1.98. The highest BCUT2D eigenvalue weighted by atomic mass is 14.9. The zero-order valence-electron chi connectivity index (χ0n) is 9.30. The van der Waals surface area contributed by atoms with E-state index in [-0.39, 0.29) is 0 Å². The molecule has 0 aromatic heterocycles. The van der Waals surface area contributed by atoms with E-state index in [2.05, 4.69) is 50.0 Å². The minimum atomic E-state index is 0.609. The molecule has 0 fully saturated rings. The monoisotopic (exact) mass is 189 g/mol. The standard InChI is InChI=1S/C13H19N/c1-10(2)13-7-5-12(6-8-13)9-14-11(3)4/h5-8,10,14H,3,9H2,1-2,4H3. The van der Waals surface area contributed by atoms with Crippen molar-refractivity contribution in [3.8, 4) is 0 Å². The zero-order valence-corrected chi connectivity index (χ0v) is 9.30. The Morgan fingerprint density at radius 1 is 1.29 bits per heavy atom. The average Bonchev–Trinajstić information content (AvgIpc) is 2.15. The van der Waals surface area contributed by atoms with Crippen LogP contribution in [0.4, 0.5) is 0 Å². The topological polar surface area (TPSA) is 12.0 Å². The fourth-order valence-corrected chi connectivity index (χ4v) is 1.27. The largest absolute Gasteiger partial charge is 0.385 e. The van der Waals surface area contributed by atoms with Crippen molar-refractivity contribution in [2.75, 3.05) is 0 Å². The molecule has 0 aliphatic carbocycles. The van der Waals surface area contributed by atoms with Gasteiger partial charge in [-0.05, 0) is 24.0 Å². The molecule has 0 bridgehead atoms. The summed E-state index contributed by atoms with van der Waals surface area (Å²) in [6.45, 7) is 11.1. The van der Waals surface area contributed by atoms with E-state index in [4.69, 9.17) is 0 Å². The van der Waals surface area contributed by atoms with E-state index >= 15 is 0 Å². The number of rotatable bonds is 4. The Morgan fingerprint density at radius 2 is 1.86 bits per heavy atom. The highest BCUT2D eigenvalue weighted by Crippen LogP contribution is 2.14. The van der Waals surface area contributed by atoms with Crippen molar-refractivity contribution in [1.82, 2.24) is 5.32 Å². The van der Waals surface area contributed by atoms with Gasteiger partial charge in [0, 0.05) is 12.2 Å². The van der Waals surface area contributed by atoms with E-state index in [0.717, 1.165) is 12.2 Å². The summed E-state index contributed by atoms with van der Waals surface area (Å²) < 4.78 is 0. The lowest BCUT2D eigenvalue weighted by atomic mass is 10.0. The molecular formula is C13H19N. The minimum Gasteiger partial charge on any atom is -0.385 e. The lowest BCUT2D eigenvalue weighted by Gasteiger charge is -2.08. The van der Waals surface area contributed by atoms with E-state index in [0.29, 0.717) is 5.92 Å². The van der Waals surface area contributed by atoms with Crippen LogP contribution >= 0.6 is 0 Å². The van der Waals surface area contributed by atoms with Crippen LogP contribution in [-0.2, 0) is 6.54 Å². The van der Waals surface area contributed by atoms with Crippen molar-refractivity contribution < 1.29 is 0 Å². The third-order valence-corrected chi connectivity index (χ3v) is 2.24. The molecule has 1 aromatic rings. The Hall–Kier alpha value is -1.24. The molecule has 0 aliphatic rings. The maximum absolute atomic E-state index is 3.80. The molecule has 1 aromatic carbocycles. The van der Waals surface area contributed by atoms with Crippen molar-refractivity contribution in [3.63, 3.8) is 0 Å². The van der Waals surface area contributed by atoms with Gasteiger partial charge in [-0.15, -0.1) is 0 Å². The second kappa shape index (κ2) is 4.85. The van der Waals surface area contributed by atoms with Crippen LogP contribution in [-0.4, -0.2) is 0 Å². The van der Waals surface area contributed by atoms with Gasteiger partial charge in [0.15, 0.2) is 0 Å². The Kier molecular flexibility index (Phi) is 3.75. The molecule has 1 heteroatoms. The van der Waals surface area contributed by atoms with Crippen LogP contribution in [0.3, 0.4) is 0 Å². The summed E-state index contributed by atoms with van der Waals surface area (Å²) in [7, 11) is 0. The smallest absolute Gasteiger partial charge is 0.0397 e. The first kappa shape index (κ1) is 10.8. The van der Waals surface area contributed by atoms with Gasteiger partial charge in [-0.2, -0.15) is 0 Å². The second-order valence-electron chi connectivity index (χ2n) is 4.03. The summed E-state index contributed by atoms with van der Waals surface area (Å²) in [5.74, 6) is 0.609. The predicted molar refractivity (Wildman–Crippen MR) is 62.2 cm³/mol. The first-order chi connectivity index (χ1) is 6.59. The average molecular weight is 189 g/mol. The molecule has 0 saturated heterocycles. The SMILES string of the molecule is C=C(C)NCc1ccc(C(C)C)cc1. The maximum Gasteiger partial charge on any atom is 0.0397 e. The van der Waals surface area contributed by atoms with E-state index in [1.807, 2.05) is 6.92 Å². The summed E-state index contributed by atoms with van der Waals surface area (Å²) in [6.07, 6.45) is 0. The number of hydrogen-bond donors (Lipinski definition) is 1. The van der Waals surface area contributed by atoms with Gasteiger partial charge >= 0.3 is 0 Å². The number of nitrogens with one attached hydrogen (secondary N) is 1. The fraction of sp³-hybridized carbons (Fsp3) is 0.385. The van der Waals surface area contributed by atoms with Gasteiger partial charge in [0.2, 0.25) is 0 Å². The van der Waals surface area contributed by atoms with Crippen LogP contribution in [0.5, 0.6) is 0 Å². The molecule has 0 saturated carbocycles. The summed E-state index contributed by atoms with van der Waals surface area (Å²) in [5, 5.41) is 3.22. The Labute approximate surface area is 86.8 Å². The van der Waals surface area contributed by atoms with Crippen LogP contribution in [0.2, 0.25) is 0 Å². The molecular weight excluding hydrogens is 170 g/mol. The van der Waals surface area contributed by atoms with Crippen molar-refractivity contribution >= 4 is 0 Å². The maximum atomic E-state index is 3.80. The van der Waals surface area contributed by atoms with Crippen LogP contribution in [0.25, 0.3) is 0 Å². The lowest BCUT2D eigenvalue weighted by molar-refractivity contribution is 0.811. The molecule has 0 radical (unpaired) electrons. The molecule has 14 heavy (non-hydrogen) atoms. The van der Waals surface area contributed by atoms with Crippen LogP contribution < -0.4 is 5.32 Å². The summed E-state index contributed by atoms with van der Waals surface area (Å²) >= 11 is 0. The summed E-state index contributed by atoms with van der Waals surface area (Å²) in [5.41, 5.74) is 3.71. The van der Waals surface area contributed by atoms with Gasteiger partial charge < -0.3 is 5.32 Å². The van der Waals surface area contributed by atoms with Gasteiger partial charge in [0.25, 0.3) is 0 Å². The Morgan fingerprint density at radius 3 is 2.29 bits per heavy atom. The third-order valence-electron chi connectivity index (χ3n) is 2.24. The Balaban J connectivity index is 2.59. The predicted octanol–water partition coefficient (Wildman–Crippen LogP) is 3.43. The number of hydrogen-bond acceptors (Lipinski definition) is 1. The van der Waals surface area contributed by atoms with Gasteiger partial charge in [0.05, 0.1) is 0 Å². The van der Waals surface area contributed by atoms with E-state index in [1.54, 1.807) is 0 Å². The van der Waals surface area contributed by atoms with Gasteiger partial charge in [-0.3, -0.25) is 0 Å². The molecule has 0 aliphatic heterocycles. The van der Waals surface area contributed by atoms with Crippen molar-refractivity contribution in [2.24, 2.45) is 0 Å².